The highest BCUT2D eigenvalue weighted by atomic mass is 16.7. The van der Waals surface area contributed by atoms with Crippen LogP contribution >= 0.6 is 0 Å². The van der Waals surface area contributed by atoms with Gasteiger partial charge in [-0.3, -0.25) is 0 Å². The van der Waals surface area contributed by atoms with Crippen molar-refractivity contribution in [3.8, 4) is 0 Å². The van der Waals surface area contributed by atoms with Crippen molar-refractivity contribution >= 4 is 12.3 Å². The van der Waals surface area contributed by atoms with Gasteiger partial charge in [0.25, 0.3) is 0 Å². The maximum atomic E-state index is 12.0. The molecule has 0 aromatic heterocycles. The van der Waals surface area contributed by atoms with E-state index in [4.69, 9.17) is 18.9 Å². The summed E-state index contributed by atoms with van der Waals surface area (Å²) in [5, 5.41) is 0. The predicted octanol–water partition coefficient (Wildman–Crippen LogP) is 5.47. The number of ether oxygens (including phenoxy) is 4. The minimum Gasteiger partial charge on any atom is -0.431 e. The molecule has 0 aromatic rings. The van der Waals surface area contributed by atoms with E-state index in [0.29, 0.717) is 6.42 Å². The van der Waals surface area contributed by atoms with Gasteiger partial charge in [0.05, 0.1) is 0 Å². The highest BCUT2D eigenvalue weighted by Crippen LogP contribution is 2.25. The topological polar surface area (TPSA) is 71.1 Å². The van der Waals surface area contributed by atoms with Gasteiger partial charge in [0.1, 0.15) is 24.4 Å². The fraction of sp³-hybridized carbons (Fsp3) is 0.900. The lowest BCUT2D eigenvalue weighted by atomic mass is 9.95. The average molecular weight is 373 g/mol. The monoisotopic (exact) mass is 372 g/mol. The van der Waals surface area contributed by atoms with Crippen LogP contribution in [-0.2, 0) is 18.9 Å². The van der Waals surface area contributed by atoms with Gasteiger partial charge in [-0.15, -0.1) is 0 Å². The first-order valence-corrected chi connectivity index (χ1v) is 10.0. The van der Waals surface area contributed by atoms with Gasteiger partial charge in [0.2, 0.25) is 0 Å². The van der Waals surface area contributed by atoms with Crippen molar-refractivity contribution in [3.05, 3.63) is 0 Å². The molecule has 0 aliphatic heterocycles. The van der Waals surface area contributed by atoms with Gasteiger partial charge in [0, 0.05) is 6.42 Å². The predicted molar refractivity (Wildman–Crippen MR) is 99.0 cm³/mol. The van der Waals surface area contributed by atoms with E-state index in [1.807, 2.05) is 41.5 Å². The molecule has 0 radical (unpaired) electrons. The molecule has 0 spiro atoms. The molecule has 0 bridgehead atoms. The Morgan fingerprint density at radius 1 is 0.808 bits per heavy atom. The van der Waals surface area contributed by atoms with E-state index in [-0.39, 0.29) is 36.3 Å². The Balaban J connectivity index is 2.44. The zero-order valence-electron chi connectivity index (χ0n) is 17.2. The van der Waals surface area contributed by atoms with Crippen LogP contribution in [0.1, 0.15) is 80.1 Å². The molecule has 0 saturated heterocycles. The third-order valence-corrected chi connectivity index (χ3v) is 4.89. The van der Waals surface area contributed by atoms with E-state index in [2.05, 4.69) is 0 Å². The lowest BCUT2D eigenvalue weighted by molar-refractivity contribution is -0.0571. The Morgan fingerprint density at radius 3 is 1.50 bits per heavy atom. The molecule has 1 saturated carbocycles. The van der Waals surface area contributed by atoms with Gasteiger partial charge < -0.3 is 18.9 Å². The van der Waals surface area contributed by atoms with Crippen LogP contribution in [0.4, 0.5) is 9.59 Å². The van der Waals surface area contributed by atoms with Crippen LogP contribution < -0.4 is 0 Å². The molecule has 6 nitrogen and oxygen atoms in total. The molecule has 152 valence electrons. The van der Waals surface area contributed by atoms with Crippen LogP contribution in [0.3, 0.4) is 0 Å². The normalized spacial score (nSPS) is 22.6. The Bertz CT molecular complexity index is 396. The standard InChI is InChI=1S/C20H36O6/c1-7-17(13(3)4)25-19(21)23-15-10-9-11-16(12-15)24-20(22)26-18(8-2)14(5)6/h13-18H,7-12H2,1-6H3. The number of hydrogen-bond donors (Lipinski definition) is 0. The zero-order chi connectivity index (χ0) is 19.7. The van der Waals surface area contributed by atoms with Crippen molar-refractivity contribution in [1.82, 2.24) is 0 Å². The van der Waals surface area contributed by atoms with Gasteiger partial charge in [-0.2, -0.15) is 0 Å². The summed E-state index contributed by atoms with van der Waals surface area (Å²) in [5.74, 6) is 0.495. The summed E-state index contributed by atoms with van der Waals surface area (Å²) < 4.78 is 21.6. The summed E-state index contributed by atoms with van der Waals surface area (Å²) in [6.45, 7) is 12.0. The average Bonchev–Trinajstić information content (AvgIpc) is 2.57. The van der Waals surface area contributed by atoms with Gasteiger partial charge >= 0.3 is 12.3 Å². The van der Waals surface area contributed by atoms with Gasteiger partial charge in [-0.05, 0) is 43.9 Å². The highest BCUT2D eigenvalue weighted by molar-refractivity contribution is 5.61. The smallest absolute Gasteiger partial charge is 0.431 e. The maximum absolute atomic E-state index is 12.0. The van der Waals surface area contributed by atoms with E-state index >= 15 is 0 Å². The summed E-state index contributed by atoms with van der Waals surface area (Å²) in [7, 11) is 0. The van der Waals surface area contributed by atoms with Crippen LogP contribution in [0.5, 0.6) is 0 Å². The van der Waals surface area contributed by atoms with Crippen molar-refractivity contribution in [3.63, 3.8) is 0 Å². The second kappa shape index (κ2) is 11.3. The van der Waals surface area contributed by atoms with E-state index in [1.54, 1.807) is 0 Å². The SMILES string of the molecule is CCC(OC(=O)OC1CCCC(OC(=O)OC(CC)C(C)C)C1)C(C)C. The van der Waals surface area contributed by atoms with E-state index in [1.165, 1.54) is 0 Å². The lowest BCUT2D eigenvalue weighted by Gasteiger charge is -2.29. The van der Waals surface area contributed by atoms with Crippen LogP contribution in [0.25, 0.3) is 0 Å². The quantitative estimate of drug-likeness (QED) is 0.526. The molecule has 0 N–H and O–H groups in total. The Morgan fingerprint density at radius 2 is 1.19 bits per heavy atom. The van der Waals surface area contributed by atoms with Crippen molar-refractivity contribution < 1.29 is 28.5 Å². The third kappa shape index (κ3) is 7.83. The molecule has 0 heterocycles. The number of carbonyl (C=O) groups excluding carboxylic acids is 2. The molecular formula is C20H36O6. The molecular weight excluding hydrogens is 336 g/mol. The molecule has 1 aliphatic rings. The third-order valence-electron chi connectivity index (χ3n) is 4.89. The summed E-state index contributed by atoms with van der Waals surface area (Å²) in [4.78, 5) is 24.0. The Hall–Kier alpha value is -1.46. The molecule has 4 unspecified atom stereocenters. The summed E-state index contributed by atoms with van der Waals surface area (Å²) in [5.41, 5.74) is 0. The molecule has 4 atom stereocenters. The van der Waals surface area contributed by atoms with Crippen molar-refractivity contribution in [2.45, 2.75) is 104 Å². The highest BCUT2D eigenvalue weighted by Gasteiger charge is 2.30. The zero-order valence-corrected chi connectivity index (χ0v) is 17.2. The molecule has 0 amide bonds. The first-order chi connectivity index (χ1) is 12.3. The molecule has 1 aliphatic carbocycles. The minimum atomic E-state index is -0.635. The number of carbonyl (C=O) groups is 2. The van der Waals surface area contributed by atoms with Gasteiger partial charge in [0.15, 0.2) is 0 Å². The summed E-state index contributed by atoms with van der Waals surface area (Å²) in [6.07, 6.45) is 2.21. The van der Waals surface area contributed by atoms with Crippen LogP contribution in [0.2, 0.25) is 0 Å². The molecule has 6 heteroatoms. The second-order valence-corrected chi connectivity index (χ2v) is 7.76. The largest absolute Gasteiger partial charge is 0.508 e. The summed E-state index contributed by atoms with van der Waals surface area (Å²) in [6, 6.07) is 0. The van der Waals surface area contributed by atoms with Gasteiger partial charge in [-0.1, -0.05) is 41.5 Å². The maximum Gasteiger partial charge on any atom is 0.508 e. The van der Waals surface area contributed by atoms with Crippen LogP contribution in [0.15, 0.2) is 0 Å². The fourth-order valence-electron chi connectivity index (χ4n) is 3.27. The second-order valence-electron chi connectivity index (χ2n) is 7.76. The fourth-order valence-corrected chi connectivity index (χ4v) is 3.27. The molecule has 0 aromatic carbocycles. The number of rotatable bonds is 8. The van der Waals surface area contributed by atoms with Crippen LogP contribution in [-0.4, -0.2) is 36.7 Å². The van der Waals surface area contributed by atoms with E-state index in [0.717, 1.165) is 32.1 Å². The Kier molecular flexibility index (Phi) is 9.81. The van der Waals surface area contributed by atoms with Gasteiger partial charge in [-0.25, -0.2) is 9.59 Å². The molecule has 1 rings (SSSR count). The van der Waals surface area contributed by atoms with E-state index < -0.39 is 12.3 Å². The first-order valence-electron chi connectivity index (χ1n) is 10.0. The minimum absolute atomic E-state index is 0.143. The first kappa shape index (κ1) is 22.6. The molecule has 1 fully saturated rings. The van der Waals surface area contributed by atoms with E-state index in [9.17, 15) is 9.59 Å². The van der Waals surface area contributed by atoms with Crippen molar-refractivity contribution in [1.29, 1.82) is 0 Å². The van der Waals surface area contributed by atoms with Crippen molar-refractivity contribution in [2.75, 3.05) is 0 Å². The number of hydrogen-bond acceptors (Lipinski definition) is 6. The molecule has 26 heavy (non-hydrogen) atoms. The lowest BCUT2D eigenvalue weighted by Crippen LogP contribution is -2.34. The Labute approximate surface area is 157 Å². The van der Waals surface area contributed by atoms with Crippen LogP contribution in [0, 0.1) is 11.8 Å². The van der Waals surface area contributed by atoms with Crippen molar-refractivity contribution in [2.24, 2.45) is 11.8 Å². The summed E-state index contributed by atoms with van der Waals surface area (Å²) >= 11 is 0.